The molecule has 0 heterocycles. The Morgan fingerprint density at radius 3 is 2.29 bits per heavy atom. The Kier molecular flexibility index (Phi) is 13.3. The third-order valence-electron chi connectivity index (χ3n) is 8.39. The molecular weight excluding hydrogens is 426 g/mol. The van der Waals surface area contributed by atoms with E-state index in [9.17, 15) is 0 Å². The molecule has 0 aromatic heterocycles. The minimum Gasteiger partial charge on any atom is -0.378 e. The molecule has 0 N–H and O–H groups in total. The van der Waals surface area contributed by atoms with E-state index >= 15 is 0 Å². The van der Waals surface area contributed by atoms with Crippen LogP contribution in [0.2, 0.25) is 0 Å². The Bertz CT molecular complexity index is 770. The summed E-state index contributed by atoms with van der Waals surface area (Å²) in [5, 5.41) is 8.50. The van der Waals surface area contributed by atoms with E-state index in [1.165, 1.54) is 108 Å². The zero-order chi connectivity index (χ0) is 24.6. The molecule has 0 aliphatic heterocycles. The van der Waals surface area contributed by atoms with Crippen molar-refractivity contribution in [2.75, 3.05) is 6.61 Å². The van der Waals surface area contributed by atoms with Gasteiger partial charge in [0, 0.05) is 12.7 Å². The van der Waals surface area contributed by atoms with Gasteiger partial charge in [-0.15, -0.1) is 0 Å². The van der Waals surface area contributed by atoms with Crippen molar-refractivity contribution < 1.29 is 4.74 Å². The molecule has 2 heteroatoms. The molecule has 35 heavy (non-hydrogen) atoms. The summed E-state index contributed by atoms with van der Waals surface area (Å²) in [6, 6.07) is 11.6. The van der Waals surface area contributed by atoms with Gasteiger partial charge < -0.3 is 4.74 Å². The lowest BCUT2D eigenvalue weighted by Gasteiger charge is -2.32. The number of aryl methyl sites for hydroxylation is 1. The third kappa shape index (κ3) is 10.7. The summed E-state index contributed by atoms with van der Waals surface area (Å²) >= 11 is 0. The first-order chi connectivity index (χ1) is 17.3. The number of hydrogen-bond acceptors (Lipinski definition) is 2. The van der Waals surface area contributed by atoms with Crippen LogP contribution < -0.4 is 0 Å². The second kappa shape index (κ2) is 16.8. The second-order valence-electron chi connectivity index (χ2n) is 11.1. The van der Waals surface area contributed by atoms with Crippen molar-refractivity contribution in [3.05, 3.63) is 59.7 Å². The van der Waals surface area contributed by atoms with Crippen LogP contribution >= 0.6 is 0 Å². The molecule has 0 bridgehead atoms. The van der Waals surface area contributed by atoms with Crippen LogP contribution in [0.3, 0.4) is 0 Å². The molecule has 2 aliphatic carbocycles. The van der Waals surface area contributed by atoms with E-state index in [0.717, 1.165) is 30.8 Å². The van der Waals surface area contributed by atoms with Gasteiger partial charge in [-0.05, 0) is 106 Å². The van der Waals surface area contributed by atoms with Crippen LogP contribution in [0.1, 0.15) is 120 Å². The van der Waals surface area contributed by atoms with Crippen molar-refractivity contribution >= 4 is 0 Å². The lowest BCUT2D eigenvalue weighted by atomic mass is 9.78. The van der Waals surface area contributed by atoms with Crippen molar-refractivity contribution in [3.63, 3.8) is 0 Å². The molecule has 0 saturated heterocycles. The molecule has 0 amide bonds. The van der Waals surface area contributed by atoms with Gasteiger partial charge in [0.15, 0.2) is 0 Å². The van der Waals surface area contributed by atoms with Crippen LogP contribution in [0, 0.1) is 23.2 Å². The molecule has 0 radical (unpaired) electrons. The van der Waals surface area contributed by atoms with E-state index in [-0.39, 0.29) is 0 Å². The smallest absolute Gasteiger partial charge is 0.0912 e. The Morgan fingerprint density at radius 1 is 0.857 bits per heavy atom. The molecule has 2 nitrogen and oxygen atoms in total. The standard InChI is InChI=1S/C33H49NO/c1-2-3-4-6-9-12-28-14-20-31(21-15-28)32-22-16-30(17-23-32)27-35-33-24-18-29(19-25-33)13-10-7-5-8-11-26-34/h5,7-8,11,14-15,20-21,29-30,32-33H,2-4,6,9-10,12-13,16-19,22-25,27H2,1H3/t29-,30-,32-,33-. The summed E-state index contributed by atoms with van der Waals surface area (Å²) in [5.41, 5.74) is 3.08. The first-order valence-electron chi connectivity index (χ1n) is 14.7. The summed E-state index contributed by atoms with van der Waals surface area (Å²) < 4.78 is 6.41. The van der Waals surface area contributed by atoms with Crippen molar-refractivity contribution in [1.29, 1.82) is 5.26 Å². The molecule has 192 valence electrons. The molecule has 3 rings (SSSR count). The van der Waals surface area contributed by atoms with Crippen molar-refractivity contribution in [2.45, 2.75) is 122 Å². The number of nitrogens with zero attached hydrogens (tertiary/aromatic N) is 1. The van der Waals surface area contributed by atoms with Crippen molar-refractivity contribution in [2.24, 2.45) is 11.8 Å². The van der Waals surface area contributed by atoms with E-state index in [1.54, 1.807) is 5.56 Å². The molecule has 0 spiro atoms. The highest BCUT2D eigenvalue weighted by molar-refractivity contribution is 5.26. The summed E-state index contributed by atoms with van der Waals surface area (Å²) in [6.07, 6.45) is 28.9. The molecule has 1 aromatic carbocycles. The van der Waals surface area contributed by atoms with Gasteiger partial charge in [-0.1, -0.05) is 75.1 Å². The minimum atomic E-state index is 0.493. The minimum absolute atomic E-state index is 0.493. The van der Waals surface area contributed by atoms with E-state index in [1.807, 2.05) is 18.2 Å². The van der Waals surface area contributed by atoms with E-state index in [4.69, 9.17) is 10.00 Å². The summed E-state index contributed by atoms with van der Waals surface area (Å²) in [4.78, 5) is 0. The molecule has 0 unspecified atom stereocenters. The normalized spacial score (nSPS) is 25.3. The van der Waals surface area contributed by atoms with Gasteiger partial charge in [0.2, 0.25) is 0 Å². The molecule has 1 aromatic rings. The molecule has 0 atom stereocenters. The van der Waals surface area contributed by atoms with Crippen LogP contribution in [0.5, 0.6) is 0 Å². The molecular formula is C33H49NO. The quantitative estimate of drug-likeness (QED) is 0.152. The maximum Gasteiger partial charge on any atom is 0.0912 e. The number of rotatable bonds is 14. The molecule has 2 saturated carbocycles. The second-order valence-corrected chi connectivity index (χ2v) is 11.1. The average molecular weight is 476 g/mol. The monoisotopic (exact) mass is 475 g/mol. The summed E-state index contributed by atoms with van der Waals surface area (Å²) in [5.74, 6) is 2.37. The van der Waals surface area contributed by atoms with E-state index in [0.29, 0.717) is 6.10 Å². The largest absolute Gasteiger partial charge is 0.378 e. The van der Waals surface area contributed by atoms with E-state index < -0.39 is 0 Å². The Morgan fingerprint density at radius 2 is 1.57 bits per heavy atom. The van der Waals surface area contributed by atoms with Crippen LogP contribution in [-0.2, 0) is 11.2 Å². The first-order valence-corrected chi connectivity index (χ1v) is 14.7. The summed E-state index contributed by atoms with van der Waals surface area (Å²) in [7, 11) is 0. The molecule has 2 fully saturated rings. The Balaban J connectivity index is 1.26. The van der Waals surface area contributed by atoms with Gasteiger partial charge in [-0.2, -0.15) is 5.26 Å². The highest BCUT2D eigenvalue weighted by Gasteiger charge is 2.25. The van der Waals surface area contributed by atoms with Gasteiger partial charge >= 0.3 is 0 Å². The number of unbranched alkanes of at least 4 members (excludes halogenated alkanes) is 4. The van der Waals surface area contributed by atoms with Gasteiger partial charge in [0.05, 0.1) is 12.2 Å². The van der Waals surface area contributed by atoms with Gasteiger partial charge in [-0.25, -0.2) is 0 Å². The van der Waals surface area contributed by atoms with Gasteiger partial charge in [0.1, 0.15) is 0 Å². The van der Waals surface area contributed by atoms with Crippen LogP contribution in [-0.4, -0.2) is 12.7 Å². The summed E-state index contributed by atoms with van der Waals surface area (Å²) in [6.45, 7) is 3.26. The highest BCUT2D eigenvalue weighted by Crippen LogP contribution is 2.37. The van der Waals surface area contributed by atoms with Gasteiger partial charge in [0.25, 0.3) is 0 Å². The number of ether oxygens (including phenoxy) is 1. The van der Waals surface area contributed by atoms with Crippen LogP contribution in [0.25, 0.3) is 0 Å². The fraction of sp³-hybridized carbons (Fsp3) is 0.667. The lowest BCUT2D eigenvalue weighted by molar-refractivity contribution is -0.00824. The Hall–Kier alpha value is -1.85. The zero-order valence-corrected chi connectivity index (χ0v) is 22.3. The fourth-order valence-corrected chi connectivity index (χ4v) is 6.02. The molecule has 2 aliphatic rings. The predicted octanol–water partition coefficient (Wildman–Crippen LogP) is 9.46. The topological polar surface area (TPSA) is 33.0 Å². The maximum absolute atomic E-state index is 8.50. The van der Waals surface area contributed by atoms with Gasteiger partial charge in [-0.3, -0.25) is 0 Å². The van der Waals surface area contributed by atoms with Crippen molar-refractivity contribution in [3.8, 4) is 6.07 Å². The van der Waals surface area contributed by atoms with Crippen LogP contribution in [0.4, 0.5) is 0 Å². The van der Waals surface area contributed by atoms with Crippen LogP contribution in [0.15, 0.2) is 48.6 Å². The predicted molar refractivity (Wildman–Crippen MR) is 148 cm³/mol. The first kappa shape index (κ1) is 27.7. The fourth-order valence-electron chi connectivity index (χ4n) is 6.02. The maximum atomic E-state index is 8.50. The lowest BCUT2D eigenvalue weighted by Crippen LogP contribution is -2.25. The number of allylic oxidation sites excluding steroid dienone is 4. The zero-order valence-electron chi connectivity index (χ0n) is 22.3. The average Bonchev–Trinajstić information content (AvgIpc) is 2.91. The highest BCUT2D eigenvalue weighted by atomic mass is 16.5. The SMILES string of the molecule is CCCCCCCc1ccc([C@H]2CC[C@H](CO[C@H]3CC[C@H](CCC=CC=CC#N)CC3)CC2)cc1. The van der Waals surface area contributed by atoms with E-state index in [2.05, 4.69) is 37.3 Å². The number of benzene rings is 1. The number of nitriles is 1. The third-order valence-corrected chi connectivity index (χ3v) is 8.39. The number of hydrogen-bond donors (Lipinski definition) is 0. The van der Waals surface area contributed by atoms with Crippen molar-refractivity contribution in [1.82, 2.24) is 0 Å². The Labute approximate surface area is 215 Å².